The van der Waals surface area contributed by atoms with Gasteiger partial charge in [-0.15, -0.1) is 0 Å². The van der Waals surface area contributed by atoms with Gasteiger partial charge in [0.1, 0.15) is 11.3 Å². The maximum Gasteiger partial charge on any atom is 0.455 e. The maximum atomic E-state index is 12.9. The fourth-order valence-electron chi connectivity index (χ4n) is 2.90. The van der Waals surface area contributed by atoms with Gasteiger partial charge >= 0.3 is 6.18 Å². The molecule has 1 aliphatic heterocycles. The Bertz CT molecular complexity index is 1130. The van der Waals surface area contributed by atoms with Crippen LogP contribution in [0.3, 0.4) is 0 Å². The number of alkyl halides is 3. The van der Waals surface area contributed by atoms with Gasteiger partial charge in [-0.3, -0.25) is 14.2 Å². The summed E-state index contributed by atoms with van der Waals surface area (Å²) in [5, 5.41) is 10.3. The topological polar surface area (TPSA) is 122 Å². The number of nitrogens with zero attached hydrogens (tertiary/aromatic N) is 1. The summed E-state index contributed by atoms with van der Waals surface area (Å²) in [7, 11) is 0. The van der Waals surface area contributed by atoms with Crippen molar-refractivity contribution in [1.82, 2.24) is 4.57 Å². The van der Waals surface area contributed by atoms with Crippen molar-refractivity contribution in [2.45, 2.75) is 16.0 Å². The van der Waals surface area contributed by atoms with Crippen LogP contribution in [0.15, 0.2) is 57.1 Å². The maximum absolute atomic E-state index is 12.9. The fraction of sp³-hybridized carbons (Fsp3) is 0.0588. The molecule has 149 valence electrons. The van der Waals surface area contributed by atoms with Gasteiger partial charge in [-0.25, -0.2) is 0 Å². The standard InChI is InChI=1S/C17H8F3NO3S.Eu.2H2O/c18-17(19,20)15(23)12-14(22)8-4-3-7-11-13(8)21(16(12)24)9-5-1-2-6-10(9)25-11;;;/h1-7,22H;;2*1H2. The van der Waals surface area contributed by atoms with Gasteiger partial charge in [0.2, 0.25) is 0 Å². The van der Waals surface area contributed by atoms with Gasteiger partial charge in [-0.05, 0) is 24.3 Å². The molecule has 0 spiro atoms. The molecule has 2 aromatic carbocycles. The molecule has 0 amide bonds. The Balaban J connectivity index is 0.00000131. The second-order valence-corrected chi connectivity index (χ2v) is 6.50. The van der Waals surface area contributed by atoms with Crippen LogP contribution in [0, 0.1) is 49.4 Å². The van der Waals surface area contributed by atoms with Crippen molar-refractivity contribution in [1.29, 1.82) is 0 Å². The smallest absolute Gasteiger partial charge is 0.455 e. The van der Waals surface area contributed by atoms with E-state index in [-0.39, 0.29) is 71.2 Å². The molecule has 3 aromatic rings. The quantitative estimate of drug-likeness (QED) is 0.365. The molecule has 1 radical (unpaired) electrons. The Morgan fingerprint density at radius 3 is 2.25 bits per heavy atom. The summed E-state index contributed by atoms with van der Waals surface area (Å²) in [6, 6.07) is 11.3. The minimum absolute atomic E-state index is 0. The molecular weight excluding hydrogens is 539 g/mol. The van der Waals surface area contributed by atoms with E-state index in [2.05, 4.69) is 0 Å². The summed E-state index contributed by atoms with van der Waals surface area (Å²) in [5.41, 5.74) is -1.80. The van der Waals surface area contributed by atoms with Crippen molar-refractivity contribution in [2.75, 3.05) is 0 Å². The molecule has 0 atom stereocenters. The number of hydrogen-bond donors (Lipinski definition) is 1. The molecule has 0 aliphatic carbocycles. The third-order valence-electron chi connectivity index (χ3n) is 3.94. The molecule has 0 fully saturated rings. The van der Waals surface area contributed by atoms with Gasteiger partial charge in [0.05, 0.1) is 11.2 Å². The van der Waals surface area contributed by atoms with Crippen molar-refractivity contribution < 1.29 is 83.4 Å². The molecule has 5 N–H and O–H groups in total. The number of aromatic hydroxyl groups is 1. The van der Waals surface area contributed by atoms with E-state index in [9.17, 15) is 27.9 Å². The van der Waals surface area contributed by atoms with Crippen LogP contribution in [0.4, 0.5) is 13.2 Å². The number of aromatic nitrogens is 1. The first-order chi connectivity index (χ1) is 11.8. The first-order valence-corrected chi connectivity index (χ1v) is 7.92. The number of halogens is 3. The van der Waals surface area contributed by atoms with Crippen molar-refractivity contribution in [2.24, 2.45) is 0 Å². The predicted octanol–water partition coefficient (Wildman–Crippen LogP) is 2.26. The van der Waals surface area contributed by atoms with Crippen molar-refractivity contribution >= 4 is 28.4 Å². The molecule has 6 nitrogen and oxygen atoms in total. The monoisotopic (exact) mass is 552 g/mol. The number of ketones is 1. The average molecular weight is 551 g/mol. The summed E-state index contributed by atoms with van der Waals surface area (Å²) >= 11 is 1.33. The van der Waals surface area contributed by atoms with Crippen LogP contribution in [-0.2, 0) is 0 Å². The first kappa shape index (κ1) is 24.8. The minimum atomic E-state index is -5.27. The number of rotatable bonds is 1. The van der Waals surface area contributed by atoms with Crippen LogP contribution in [0.1, 0.15) is 10.4 Å². The van der Waals surface area contributed by atoms with E-state index in [0.717, 1.165) is 4.57 Å². The number of carbonyl (C=O) groups is 1. The average Bonchev–Trinajstić information content (AvgIpc) is 2.57. The Labute approximate surface area is 200 Å². The molecule has 0 saturated carbocycles. The molecule has 0 unspecified atom stereocenters. The van der Waals surface area contributed by atoms with Gasteiger partial charge in [0.25, 0.3) is 11.3 Å². The van der Waals surface area contributed by atoms with E-state index in [1.54, 1.807) is 36.4 Å². The zero-order chi connectivity index (χ0) is 17.9. The zero-order valence-corrected chi connectivity index (χ0v) is 16.9. The van der Waals surface area contributed by atoms with Gasteiger partial charge < -0.3 is 16.1 Å². The summed E-state index contributed by atoms with van der Waals surface area (Å²) < 4.78 is 39.8. The van der Waals surface area contributed by atoms with Crippen molar-refractivity contribution in [3.63, 3.8) is 0 Å². The number of carbonyl (C=O) groups excluding carboxylic acids is 1. The van der Waals surface area contributed by atoms with E-state index in [1.165, 1.54) is 17.8 Å². The summed E-state index contributed by atoms with van der Waals surface area (Å²) in [6.07, 6.45) is -5.27. The van der Waals surface area contributed by atoms with E-state index in [1.807, 2.05) is 0 Å². The second-order valence-electron chi connectivity index (χ2n) is 5.41. The number of fused-ring (bicyclic) bond motifs is 2. The number of para-hydroxylation sites is 2. The van der Waals surface area contributed by atoms with Crippen molar-refractivity contribution in [3.8, 4) is 11.4 Å². The van der Waals surface area contributed by atoms with E-state index in [4.69, 9.17) is 0 Å². The SMILES string of the molecule is O.O.O=C(c1c(O)c2cccc3c2n(c1=O)-c1ccccc1S3)C(F)(F)F.[Eu]. The molecule has 4 rings (SSSR count). The molecular formula is C17H12EuF3NO5S. The zero-order valence-electron chi connectivity index (χ0n) is 13.7. The molecule has 0 saturated heterocycles. The van der Waals surface area contributed by atoms with Gasteiger partial charge in [0, 0.05) is 64.6 Å². The van der Waals surface area contributed by atoms with Crippen LogP contribution in [0.2, 0.25) is 0 Å². The van der Waals surface area contributed by atoms with Gasteiger partial charge in [-0.2, -0.15) is 13.2 Å². The number of hydrogen-bond acceptors (Lipinski definition) is 4. The third kappa shape index (κ3) is 3.67. The Morgan fingerprint density at radius 1 is 1.00 bits per heavy atom. The molecule has 2 heterocycles. The number of Topliss-reactive ketones (excluding diaryl/α,β-unsaturated/α-hetero) is 1. The molecule has 0 bridgehead atoms. The summed E-state index contributed by atoms with van der Waals surface area (Å²) in [4.78, 5) is 25.7. The fourth-order valence-corrected chi connectivity index (χ4v) is 3.99. The van der Waals surface area contributed by atoms with Crippen LogP contribution in [0.25, 0.3) is 16.6 Å². The van der Waals surface area contributed by atoms with Crippen molar-refractivity contribution in [3.05, 3.63) is 58.4 Å². The molecule has 1 aliphatic rings. The van der Waals surface area contributed by atoms with Crippen LogP contribution in [0.5, 0.6) is 5.75 Å². The normalized spacial score (nSPS) is 11.5. The second kappa shape index (κ2) is 8.64. The van der Waals surface area contributed by atoms with E-state index < -0.39 is 28.8 Å². The molecule has 28 heavy (non-hydrogen) atoms. The van der Waals surface area contributed by atoms with E-state index >= 15 is 0 Å². The number of pyridine rings is 1. The minimum Gasteiger partial charge on any atom is -0.506 e. The van der Waals surface area contributed by atoms with E-state index in [0.29, 0.717) is 15.5 Å². The molecule has 11 heteroatoms. The summed E-state index contributed by atoms with van der Waals surface area (Å²) in [6.45, 7) is 0. The van der Waals surface area contributed by atoms with Crippen LogP contribution in [-0.4, -0.2) is 32.6 Å². The Morgan fingerprint density at radius 2 is 1.61 bits per heavy atom. The predicted molar refractivity (Wildman–Crippen MR) is 92.9 cm³/mol. The summed E-state index contributed by atoms with van der Waals surface area (Å²) in [5.74, 6) is -3.30. The van der Waals surface area contributed by atoms with Gasteiger partial charge in [0.15, 0.2) is 0 Å². The van der Waals surface area contributed by atoms with Gasteiger partial charge in [-0.1, -0.05) is 30.0 Å². The van der Waals surface area contributed by atoms with Crippen LogP contribution >= 0.6 is 11.8 Å². The Kier molecular flexibility index (Phi) is 7.65. The largest absolute Gasteiger partial charge is 0.506 e. The Hall–Kier alpha value is -1.24. The van der Waals surface area contributed by atoms with Crippen LogP contribution < -0.4 is 5.56 Å². The third-order valence-corrected chi connectivity index (χ3v) is 5.06. The molecule has 1 aromatic heterocycles. The first-order valence-electron chi connectivity index (χ1n) is 7.10. The number of benzene rings is 2.